The third-order valence-electron chi connectivity index (χ3n) is 10.6. The molecule has 10 nitrogen and oxygen atoms in total. The summed E-state index contributed by atoms with van der Waals surface area (Å²) in [4.78, 5) is 0. The van der Waals surface area contributed by atoms with Crippen molar-refractivity contribution in [3.05, 3.63) is 181 Å². The summed E-state index contributed by atoms with van der Waals surface area (Å²) in [7, 11) is 0. The first-order valence-electron chi connectivity index (χ1n) is 18.7. The molecule has 0 saturated heterocycles. The van der Waals surface area contributed by atoms with Gasteiger partial charge in [0.25, 0.3) is 0 Å². The molecule has 56 heavy (non-hydrogen) atoms. The van der Waals surface area contributed by atoms with Gasteiger partial charge in [0, 0.05) is 22.3 Å². The van der Waals surface area contributed by atoms with Gasteiger partial charge in [-0.05, 0) is 95.1 Å². The van der Waals surface area contributed by atoms with Crippen LogP contribution >= 0.6 is 0 Å². The van der Waals surface area contributed by atoms with Gasteiger partial charge in [0.2, 0.25) is 36.2 Å². The van der Waals surface area contributed by atoms with Crippen LogP contribution in [-0.2, 0) is 26.2 Å². The van der Waals surface area contributed by atoms with Crippen molar-refractivity contribution >= 4 is 22.1 Å². The SMILES string of the molecule is c1ccc2c(c1)n1c[n+]2Cc2ccc(cc2)-c2nnc(o2)-c2ccc(cc2)C[n+]2cn(c3ccccc32)Cc2ccc(cc2)-c2nnc(o2)-c2ccc(cc2)C1. The molecule has 16 bridgehead atoms. The summed E-state index contributed by atoms with van der Waals surface area (Å²) in [5.41, 5.74) is 12.9. The van der Waals surface area contributed by atoms with E-state index >= 15 is 0 Å². The lowest BCUT2D eigenvalue weighted by molar-refractivity contribution is -0.663. The van der Waals surface area contributed by atoms with Crippen molar-refractivity contribution in [3.8, 4) is 45.8 Å². The lowest BCUT2D eigenvalue weighted by Crippen LogP contribution is -2.32. The number of hydrogen-bond donors (Lipinski definition) is 0. The van der Waals surface area contributed by atoms with Crippen LogP contribution in [0.4, 0.5) is 0 Å². The van der Waals surface area contributed by atoms with Gasteiger partial charge in [0.1, 0.15) is 26.2 Å². The molecule has 10 aromatic rings. The van der Waals surface area contributed by atoms with Gasteiger partial charge in [-0.15, -0.1) is 20.4 Å². The Morgan fingerprint density at radius 2 is 0.696 bits per heavy atom. The predicted octanol–water partition coefficient (Wildman–Crippen LogP) is 8.11. The normalized spacial score (nSPS) is 12.7. The minimum absolute atomic E-state index is 0.495. The molecule has 268 valence electrons. The highest BCUT2D eigenvalue weighted by Crippen LogP contribution is 2.27. The molecule has 0 aliphatic carbocycles. The molecule has 0 spiro atoms. The highest BCUT2D eigenvalue weighted by molar-refractivity contribution is 5.73. The molecule has 7 aliphatic rings. The number of fused-ring (bicyclic) bond motifs is 2. The van der Waals surface area contributed by atoms with Gasteiger partial charge in [0.05, 0.1) is 0 Å². The molecule has 0 N–H and O–H groups in total. The molecule has 10 heteroatoms. The lowest BCUT2D eigenvalue weighted by atomic mass is 10.1. The molecular weight excluding hydrogens is 697 g/mol. The number of benzene rings is 6. The second kappa shape index (κ2) is 13.1. The van der Waals surface area contributed by atoms with E-state index in [2.05, 4.69) is 197 Å². The van der Waals surface area contributed by atoms with Gasteiger partial charge >= 0.3 is 0 Å². The second-order valence-corrected chi connectivity index (χ2v) is 14.3. The molecule has 17 rings (SSSR count). The summed E-state index contributed by atoms with van der Waals surface area (Å²) in [5.74, 6) is 1.98. The van der Waals surface area contributed by atoms with Crippen molar-refractivity contribution in [1.29, 1.82) is 0 Å². The van der Waals surface area contributed by atoms with Crippen LogP contribution in [0.1, 0.15) is 22.3 Å². The third kappa shape index (κ3) is 5.84. The predicted molar refractivity (Wildman–Crippen MR) is 211 cm³/mol. The minimum Gasteiger partial charge on any atom is -0.416 e. The fourth-order valence-corrected chi connectivity index (χ4v) is 7.70. The lowest BCUT2D eigenvalue weighted by Gasteiger charge is -2.02. The van der Waals surface area contributed by atoms with Gasteiger partial charge < -0.3 is 8.83 Å². The van der Waals surface area contributed by atoms with E-state index in [1.807, 2.05) is 0 Å². The number of hydrogen-bond acceptors (Lipinski definition) is 6. The van der Waals surface area contributed by atoms with Gasteiger partial charge in [-0.1, -0.05) is 72.8 Å². The number of para-hydroxylation sites is 4. The fraction of sp³-hybridized carbons (Fsp3) is 0.0870. The molecular formula is C46H34N8O2+2. The number of nitrogens with zero attached hydrogens (tertiary/aromatic N) is 8. The summed E-state index contributed by atoms with van der Waals surface area (Å²) >= 11 is 0. The summed E-state index contributed by atoms with van der Waals surface area (Å²) in [6.45, 7) is 2.87. The van der Waals surface area contributed by atoms with Crippen LogP contribution in [0, 0.1) is 0 Å². The highest BCUT2D eigenvalue weighted by Gasteiger charge is 2.20. The van der Waals surface area contributed by atoms with Crippen molar-refractivity contribution in [2.75, 3.05) is 0 Å². The summed E-state index contributed by atoms with van der Waals surface area (Å²) in [6, 6.07) is 50.4. The Morgan fingerprint density at radius 3 is 1.05 bits per heavy atom. The highest BCUT2D eigenvalue weighted by atomic mass is 16.4. The first-order chi connectivity index (χ1) is 27.7. The van der Waals surface area contributed by atoms with E-state index in [1.165, 1.54) is 44.3 Å². The Hall–Kier alpha value is -7.46. The van der Waals surface area contributed by atoms with E-state index in [0.29, 0.717) is 23.6 Å². The van der Waals surface area contributed by atoms with Gasteiger partial charge in [-0.3, -0.25) is 0 Å². The van der Waals surface area contributed by atoms with E-state index in [-0.39, 0.29) is 0 Å². The van der Waals surface area contributed by atoms with Crippen LogP contribution in [0.5, 0.6) is 0 Å². The van der Waals surface area contributed by atoms with Crippen LogP contribution < -0.4 is 9.13 Å². The average Bonchev–Trinajstić information content (AvgIpc) is 4.07. The number of rotatable bonds is 0. The number of aromatic nitrogens is 8. The second-order valence-electron chi connectivity index (χ2n) is 14.3. The largest absolute Gasteiger partial charge is 0.416 e. The monoisotopic (exact) mass is 730 g/mol. The molecule has 0 saturated carbocycles. The Morgan fingerprint density at radius 1 is 0.375 bits per heavy atom. The van der Waals surface area contributed by atoms with Crippen LogP contribution in [0.3, 0.4) is 0 Å². The van der Waals surface area contributed by atoms with Crippen molar-refractivity contribution < 1.29 is 18.0 Å². The Kier molecular flexibility index (Phi) is 7.51. The topological polar surface area (TPSA) is 95.5 Å². The zero-order valence-electron chi connectivity index (χ0n) is 30.2. The minimum atomic E-state index is 0.495. The zero-order valence-corrected chi connectivity index (χ0v) is 30.2. The first-order valence-corrected chi connectivity index (χ1v) is 18.7. The smallest absolute Gasteiger partial charge is 0.248 e. The maximum atomic E-state index is 6.19. The summed E-state index contributed by atoms with van der Waals surface area (Å²) in [5, 5.41) is 17.6. The van der Waals surface area contributed by atoms with E-state index in [1.54, 1.807) is 0 Å². The van der Waals surface area contributed by atoms with Gasteiger partial charge in [0.15, 0.2) is 22.1 Å². The molecule has 4 aromatic heterocycles. The van der Waals surface area contributed by atoms with E-state index in [4.69, 9.17) is 8.83 Å². The maximum Gasteiger partial charge on any atom is 0.248 e. The summed E-state index contributed by atoms with van der Waals surface area (Å²) in [6.07, 6.45) is 4.38. The molecule has 11 heterocycles. The maximum absolute atomic E-state index is 6.19. The molecule has 7 aliphatic heterocycles. The molecule has 0 unspecified atom stereocenters. The van der Waals surface area contributed by atoms with E-state index in [9.17, 15) is 0 Å². The summed E-state index contributed by atoms with van der Waals surface area (Å²) < 4.78 is 21.5. The van der Waals surface area contributed by atoms with Gasteiger partial charge in [-0.25, -0.2) is 18.3 Å². The van der Waals surface area contributed by atoms with Crippen LogP contribution in [-0.4, -0.2) is 29.5 Å². The zero-order chi connectivity index (χ0) is 37.0. The molecule has 0 atom stereocenters. The number of imidazole rings is 2. The van der Waals surface area contributed by atoms with Crippen LogP contribution in [0.15, 0.2) is 167 Å². The Balaban J connectivity index is 0.960. The fourth-order valence-electron chi connectivity index (χ4n) is 7.70. The van der Waals surface area contributed by atoms with E-state index in [0.717, 1.165) is 48.4 Å². The standard InChI is InChI=1S/C46H34N8O2/c1-2-6-40-39(5-1)51-25-31-9-17-35(18-10-31)43-47-49-45(55-43)37-21-13-33(14-22-37)27-53-30-54(42-8-4-3-7-41(42)53)28-34-15-23-38(24-16-34)46-50-48-44(56-46)36-19-11-32(12-20-36)26-52(40)29-51/h1-24,29-30H,25-28H2/q+2. The van der Waals surface area contributed by atoms with Gasteiger partial charge in [-0.2, -0.15) is 0 Å². The molecule has 0 fully saturated rings. The Labute approximate surface area is 321 Å². The van der Waals surface area contributed by atoms with Crippen molar-refractivity contribution in [2.24, 2.45) is 0 Å². The Bertz CT molecular complexity index is 2610. The molecule has 0 amide bonds. The molecule has 6 aromatic carbocycles. The van der Waals surface area contributed by atoms with Crippen LogP contribution in [0.2, 0.25) is 0 Å². The van der Waals surface area contributed by atoms with Crippen molar-refractivity contribution in [2.45, 2.75) is 26.2 Å². The average molecular weight is 731 g/mol. The third-order valence-corrected chi connectivity index (χ3v) is 10.6. The van der Waals surface area contributed by atoms with Crippen molar-refractivity contribution in [1.82, 2.24) is 29.5 Å². The quantitative estimate of drug-likeness (QED) is 0.146. The van der Waals surface area contributed by atoms with E-state index < -0.39 is 0 Å². The first kappa shape index (κ1) is 32.0. The van der Waals surface area contributed by atoms with Crippen LogP contribution in [0.25, 0.3) is 67.9 Å². The van der Waals surface area contributed by atoms with Crippen molar-refractivity contribution in [3.63, 3.8) is 0 Å². The molecule has 0 radical (unpaired) electrons.